The lowest BCUT2D eigenvalue weighted by Gasteiger charge is -2.39. The Morgan fingerprint density at radius 2 is 1.78 bits per heavy atom. The second-order valence-electron chi connectivity index (χ2n) is 10.1. The van der Waals surface area contributed by atoms with Crippen LogP contribution in [-0.2, 0) is 19.9 Å². The quantitative estimate of drug-likeness (QED) is 0.429. The summed E-state index contributed by atoms with van der Waals surface area (Å²) in [7, 11) is -6.79. The van der Waals surface area contributed by atoms with E-state index in [0.717, 1.165) is 42.4 Å². The van der Waals surface area contributed by atoms with E-state index in [-0.39, 0.29) is 28.6 Å². The van der Waals surface area contributed by atoms with Crippen molar-refractivity contribution in [3.05, 3.63) is 52.5 Å². The minimum absolute atomic E-state index is 0.00436. The summed E-state index contributed by atoms with van der Waals surface area (Å²) in [6.07, 6.45) is 2.26. The van der Waals surface area contributed by atoms with Gasteiger partial charge in [-0.1, -0.05) is 23.7 Å². The van der Waals surface area contributed by atoms with Crippen molar-refractivity contribution in [1.82, 2.24) is 14.6 Å². The molecule has 1 atom stereocenters. The van der Waals surface area contributed by atoms with Crippen molar-refractivity contribution < 1.29 is 16.8 Å². The Bertz CT molecular complexity index is 1460. The zero-order chi connectivity index (χ0) is 26.4. The summed E-state index contributed by atoms with van der Waals surface area (Å²) in [6, 6.07) is 13.0. The molecule has 2 aromatic carbocycles. The number of anilines is 1. The topological polar surface area (TPSA) is 99.7 Å². The summed E-state index contributed by atoms with van der Waals surface area (Å²) in [5, 5.41) is 1.52. The van der Waals surface area contributed by atoms with Crippen molar-refractivity contribution in [3.63, 3.8) is 0 Å². The maximum absolute atomic E-state index is 12.9. The van der Waals surface area contributed by atoms with Crippen LogP contribution in [0.15, 0.2) is 47.4 Å². The van der Waals surface area contributed by atoms with Crippen LogP contribution in [0.3, 0.4) is 0 Å². The van der Waals surface area contributed by atoms with E-state index in [1.807, 2.05) is 18.2 Å². The normalized spacial score (nSPS) is 22.2. The van der Waals surface area contributed by atoms with Crippen LogP contribution in [0.25, 0.3) is 10.2 Å². The molecule has 1 saturated carbocycles. The predicted octanol–water partition coefficient (Wildman–Crippen LogP) is 3.93. The lowest BCUT2D eigenvalue weighted by molar-refractivity contribution is 0.198. The summed E-state index contributed by atoms with van der Waals surface area (Å²) < 4.78 is 52.5. The van der Waals surface area contributed by atoms with Gasteiger partial charge in [-0.15, -0.1) is 11.3 Å². The number of nitrogens with one attached hydrogen (secondary N) is 1. The van der Waals surface area contributed by atoms with Crippen LogP contribution in [0.1, 0.15) is 30.8 Å². The fraction of sp³-hybridized carbons (Fsp3) is 0.480. The van der Waals surface area contributed by atoms with Gasteiger partial charge in [0.25, 0.3) is 0 Å². The number of hydrogen-bond acceptors (Lipinski definition) is 8. The van der Waals surface area contributed by atoms with Gasteiger partial charge < -0.3 is 4.90 Å². The third-order valence-electron chi connectivity index (χ3n) is 7.20. The van der Waals surface area contributed by atoms with Gasteiger partial charge in [0.1, 0.15) is 14.8 Å². The summed E-state index contributed by atoms with van der Waals surface area (Å²) in [4.78, 5) is 9.54. The Labute approximate surface area is 227 Å². The van der Waals surface area contributed by atoms with Gasteiger partial charge in [-0.25, -0.2) is 26.5 Å². The average molecular weight is 583 g/mol. The van der Waals surface area contributed by atoms with Crippen molar-refractivity contribution >= 4 is 58.7 Å². The first-order valence-electron chi connectivity index (χ1n) is 12.3. The molecule has 12 heteroatoms. The Balaban J connectivity index is 1.18. The Kier molecular flexibility index (Phi) is 7.56. The summed E-state index contributed by atoms with van der Waals surface area (Å²) >= 11 is 8.30. The van der Waals surface area contributed by atoms with Crippen molar-refractivity contribution in [2.24, 2.45) is 5.92 Å². The van der Waals surface area contributed by atoms with E-state index in [4.69, 9.17) is 16.6 Å². The molecule has 0 radical (unpaired) electrons. The molecule has 0 amide bonds. The second-order valence-corrected chi connectivity index (χ2v) is 15.4. The third-order valence-corrected chi connectivity index (χ3v) is 11.3. The third kappa shape index (κ3) is 6.12. The van der Waals surface area contributed by atoms with Crippen molar-refractivity contribution in [1.29, 1.82) is 0 Å². The Hall–Kier alpha value is -1.76. The van der Waals surface area contributed by atoms with Gasteiger partial charge >= 0.3 is 0 Å². The van der Waals surface area contributed by atoms with E-state index in [1.54, 1.807) is 23.5 Å². The fourth-order valence-corrected chi connectivity index (χ4v) is 9.00. The van der Waals surface area contributed by atoms with Crippen LogP contribution in [0.4, 0.5) is 5.69 Å². The van der Waals surface area contributed by atoms with E-state index in [9.17, 15) is 16.8 Å². The van der Waals surface area contributed by atoms with Gasteiger partial charge in [0, 0.05) is 38.5 Å². The SMILES string of the molecule is CC(c1nc2ccccc2s1)N1CCN(c2ccc(S(=O)(=O)NC3CC(CS(C)(=O)=O)C3)cc2Cl)CC1. The standard InChI is InChI=1S/C25H31ClN4O4S3/c1-17(25-27-22-5-3-4-6-24(22)35-25)29-9-11-30(12-10-29)23-8-7-20(15-21(23)26)37(33,34)28-19-13-18(14-19)16-36(2,31)32/h3-8,15,17-19,28H,9-14,16H2,1-2H3. The lowest BCUT2D eigenvalue weighted by atomic mass is 9.82. The number of hydrogen-bond donors (Lipinski definition) is 1. The van der Waals surface area contributed by atoms with Gasteiger partial charge in [0.05, 0.1) is 37.6 Å². The molecule has 2 aliphatic rings. The molecule has 1 aliphatic carbocycles. The van der Waals surface area contributed by atoms with Gasteiger partial charge in [-0.2, -0.15) is 0 Å². The number of para-hydroxylation sites is 1. The van der Waals surface area contributed by atoms with Crippen molar-refractivity contribution in [3.8, 4) is 0 Å². The lowest BCUT2D eigenvalue weighted by Crippen LogP contribution is -2.47. The number of rotatable bonds is 8. The van der Waals surface area contributed by atoms with Crippen LogP contribution >= 0.6 is 22.9 Å². The van der Waals surface area contributed by atoms with Gasteiger partial charge in [0.2, 0.25) is 10.0 Å². The van der Waals surface area contributed by atoms with Gasteiger partial charge in [0.15, 0.2) is 0 Å². The van der Waals surface area contributed by atoms with E-state index in [0.29, 0.717) is 17.9 Å². The molecule has 3 aromatic rings. The molecule has 1 N–H and O–H groups in total. The van der Waals surface area contributed by atoms with E-state index in [2.05, 4.69) is 27.5 Å². The van der Waals surface area contributed by atoms with Crippen LogP contribution in [0.5, 0.6) is 0 Å². The monoisotopic (exact) mass is 582 g/mol. The minimum Gasteiger partial charge on any atom is -0.368 e. The number of aromatic nitrogens is 1. The average Bonchev–Trinajstić information content (AvgIpc) is 3.26. The molecule has 1 saturated heterocycles. The van der Waals surface area contributed by atoms with E-state index < -0.39 is 19.9 Å². The predicted molar refractivity (Wildman–Crippen MR) is 150 cm³/mol. The van der Waals surface area contributed by atoms with Gasteiger partial charge in [-0.3, -0.25) is 4.90 Å². The zero-order valence-corrected chi connectivity index (χ0v) is 24.0. The number of thiazole rings is 1. The van der Waals surface area contributed by atoms with Crippen LogP contribution in [0, 0.1) is 5.92 Å². The highest BCUT2D eigenvalue weighted by atomic mass is 35.5. The molecule has 2 fully saturated rings. The zero-order valence-electron chi connectivity index (χ0n) is 20.8. The molecule has 0 bridgehead atoms. The highest BCUT2D eigenvalue weighted by molar-refractivity contribution is 7.90. The molecule has 8 nitrogen and oxygen atoms in total. The highest BCUT2D eigenvalue weighted by Crippen LogP contribution is 2.34. The largest absolute Gasteiger partial charge is 0.368 e. The number of fused-ring (bicyclic) bond motifs is 1. The van der Waals surface area contributed by atoms with E-state index in [1.165, 1.54) is 17.0 Å². The van der Waals surface area contributed by atoms with Crippen LogP contribution in [-0.4, -0.2) is 70.9 Å². The Morgan fingerprint density at radius 1 is 1.08 bits per heavy atom. The number of sulfonamides is 1. The molecule has 5 rings (SSSR count). The number of halogens is 1. The fourth-order valence-electron chi connectivity index (χ4n) is 5.17. The first-order valence-corrected chi connectivity index (χ1v) is 17.1. The van der Waals surface area contributed by atoms with Crippen molar-refractivity contribution in [2.75, 3.05) is 43.1 Å². The molecule has 1 aromatic heterocycles. The van der Waals surface area contributed by atoms with Gasteiger partial charge in [-0.05, 0) is 56.0 Å². The summed E-state index contributed by atoms with van der Waals surface area (Å²) in [6.45, 7) is 5.46. The minimum atomic E-state index is -3.74. The molecular formula is C25H31ClN4O4S3. The van der Waals surface area contributed by atoms with Crippen LogP contribution < -0.4 is 9.62 Å². The molecular weight excluding hydrogens is 552 g/mol. The molecule has 1 unspecified atom stereocenters. The maximum Gasteiger partial charge on any atom is 0.240 e. The Morgan fingerprint density at radius 3 is 2.43 bits per heavy atom. The number of piperazine rings is 1. The molecule has 200 valence electrons. The van der Waals surface area contributed by atoms with Crippen LogP contribution in [0.2, 0.25) is 5.02 Å². The maximum atomic E-state index is 12.9. The molecule has 0 spiro atoms. The highest BCUT2D eigenvalue weighted by Gasteiger charge is 2.35. The first kappa shape index (κ1) is 26.8. The molecule has 37 heavy (non-hydrogen) atoms. The van der Waals surface area contributed by atoms with Crippen molar-refractivity contribution in [2.45, 2.75) is 36.7 Å². The number of benzene rings is 2. The second kappa shape index (κ2) is 10.4. The number of sulfone groups is 1. The summed E-state index contributed by atoms with van der Waals surface area (Å²) in [5.74, 6) is 0.1000. The van der Waals surface area contributed by atoms with E-state index >= 15 is 0 Å². The number of nitrogens with zero attached hydrogens (tertiary/aromatic N) is 3. The first-order chi connectivity index (χ1) is 17.5. The molecule has 1 aliphatic heterocycles. The molecule has 2 heterocycles. The smallest absolute Gasteiger partial charge is 0.240 e. The summed E-state index contributed by atoms with van der Waals surface area (Å²) in [5.41, 5.74) is 1.86.